The van der Waals surface area contributed by atoms with Crippen molar-refractivity contribution in [1.29, 1.82) is 0 Å². The third kappa shape index (κ3) is 4.31. The van der Waals surface area contributed by atoms with E-state index in [0.29, 0.717) is 6.04 Å². The molecule has 0 radical (unpaired) electrons. The van der Waals surface area contributed by atoms with Crippen molar-refractivity contribution in [3.63, 3.8) is 0 Å². The van der Waals surface area contributed by atoms with E-state index in [1.165, 1.54) is 37.7 Å². The molecule has 2 rings (SSSR count). The minimum absolute atomic E-state index is 0.631. The van der Waals surface area contributed by atoms with Gasteiger partial charge in [0, 0.05) is 18.4 Å². The zero-order valence-electron chi connectivity index (χ0n) is 12.4. The van der Waals surface area contributed by atoms with Gasteiger partial charge in [0.15, 0.2) is 0 Å². The van der Waals surface area contributed by atoms with Gasteiger partial charge in [0.1, 0.15) is 0 Å². The molecule has 2 heteroatoms. The molecule has 1 N–H and O–H groups in total. The standard InChI is InChI=1S/C17H28N2/c1-3-14-7-9-16(10-8-14)17(19-4-2)12-15-6-5-11-18-13-15/h5-6,11,13-14,16-17,19H,3-4,7-10,12H2,1-2H3. The van der Waals surface area contributed by atoms with Gasteiger partial charge in [-0.1, -0.05) is 39.2 Å². The van der Waals surface area contributed by atoms with Gasteiger partial charge in [0.05, 0.1) is 0 Å². The number of aromatic nitrogens is 1. The molecule has 0 amide bonds. The number of hydrogen-bond acceptors (Lipinski definition) is 2. The Morgan fingerprint density at radius 1 is 1.26 bits per heavy atom. The summed E-state index contributed by atoms with van der Waals surface area (Å²) in [6.07, 6.45) is 12.0. The van der Waals surface area contributed by atoms with Crippen LogP contribution in [-0.4, -0.2) is 17.6 Å². The van der Waals surface area contributed by atoms with Crippen LogP contribution in [0.15, 0.2) is 24.5 Å². The Morgan fingerprint density at radius 3 is 2.63 bits per heavy atom. The van der Waals surface area contributed by atoms with Crippen molar-refractivity contribution in [1.82, 2.24) is 10.3 Å². The fraction of sp³-hybridized carbons (Fsp3) is 0.706. The Morgan fingerprint density at radius 2 is 2.05 bits per heavy atom. The maximum absolute atomic E-state index is 4.24. The van der Waals surface area contributed by atoms with E-state index >= 15 is 0 Å². The topological polar surface area (TPSA) is 24.9 Å². The van der Waals surface area contributed by atoms with Crippen molar-refractivity contribution >= 4 is 0 Å². The predicted molar refractivity (Wildman–Crippen MR) is 81.1 cm³/mol. The Labute approximate surface area is 118 Å². The molecule has 1 aliphatic carbocycles. The van der Waals surface area contributed by atoms with Gasteiger partial charge < -0.3 is 5.32 Å². The maximum atomic E-state index is 4.24. The fourth-order valence-corrected chi connectivity index (χ4v) is 3.44. The van der Waals surface area contributed by atoms with Crippen LogP contribution >= 0.6 is 0 Å². The number of likely N-dealkylation sites (N-methyl/N-ethyl adjacent to an activating group) is 1. The van der Waals surface area contributed by atoms with E-state index in [2.05, 4.69) is 30.2 Å². The molecule has 1 aromatic rings. The second-order valence-electron chi connectivity index (χ2n) is 5.92. The van der Waals surface area contributed by atoms with Crippen molar-refractivity contribution < 1.29 is 0 Å². The molecule has 1 saturated carbocycles. The molecule has 2 nitrogen and oxygen atoms in total. The molecule has 0 spiro atoms. The lowest BCUT2D eigenvalue weighted by Gasteiger charge is -2.34. The molecule has 0 saturated heterocycles. The molecule has 1 atom stereocenters. The first-order valence-corrected chi connectivity index (χ1v) is 7.95. The number of rotatable bonds is 6. The summed E-state index contributed by atoms with van der Waals surface area (Å²) >= 11 is 0. The third-order valence-electron chi connectivity index (χ3n) is 4.68. The Kier molecular flexibility index (Phi) is 5.84. The van der Waals surface area contributed by atoms with Crippen LogP contribution in [-0.2, 0) is 6.42 Å². The second-order valence-corrected chi connectivity index (χ2v) is 5.92. The Bertz CT molecular complexity index is 342. The van der Waals surface area contributed by atoms with E-state index in [1.807, 2.05) is 18.5 Å². The number of nitrogens with zero attached hydrogens (tertiary/aromatic N) is 1. The summed E-state index contributed by atoms with van der Waals surface area (Å²) in [5.41, 5.74) is 1.37. The smallest absolute Gasteiger partial charge is 0.0300 e. The summed E-state index contributed by atoms with van der Waals surface area (Å²) in [5, 5.41) is 3.71. The highest BCUT2D eigenvalue weighted by Gasteiger charge is 2.26. The number of pyridine rings is 1. The molecule has 0 aromatic carbocycles. The lowest BCUT2D eigenvalue weighted by Crippen LogP contribution is -2.39. The quantitative estimate of drug-likeness (QED) is 0.841. The number of nitrogens with one attached hydrogen (secondary N) is 1. The summed E-state index contributed by atoms with van der Waals surface area (Å²) < 4.78 is 0. The van der Waals surface area contributed by atoms with E-state index in [-0.39, 0.29) is 0 Å². The molecule has 0 bridgehead atoms. The fourth-order valence-electron chi connectivity index (χ4n) is 3.44. The average Bonchev–Trinajstić information content (AvgIpc) is 2.48. The summed E-state index contributed by atoms with van der Waals surface area (Å²) in [5.74, 6) is 1.83. The van der Waals surface area contributed by atoms with E-state index in [1.54, 1.807) is 0 Å². The summed E-state index contributed by atoms with van der Waals surface area (Å²) in [7, 11) is 0. The Hall–Kier alpha value is -0.890. The van der Waals surface area contributed by atoms with Crippen molar-refractivity contribution in [2.24, 2.45) is 11.8 Å². The first kappa shape index (κ1) is 14.5. The molecule has 19 heavy (non-hydrogen) atoms. The summed E-state index contributed by atoms with van der Waals surface area (Å²) in [6.45, 7) is 5.62. The molecule has 1 fully saturated rings. The van der Waals surface area contributed by atoms with E-state index in [4.69, 9.17) is 0 Å². The molecular weight excluding hydrogens is 232 g/mol. The maximum Gasteiger partial charge on any atom is 0.0300 e. The molecule has 1 aliphatic rings. The molecule has 106 valence electrons. The van der Waals surface area contributed by atoms with Crippen LogP contribution in [0.4, 0.5) is 0 Å². The van der Waals surface area contributed by atoms with Gasteiger partial charge in [-0.2, -0.15) is 0 Å². The zero-order valence-corrected chi connectivity index (χ0v) is 12.4. The van der Waals surface area contributed by atoms with Gasteiger partial charge >= 0.3 is 0 Å². The molecular formula is C17H28N2. The van der Waals surface area contributed by atoms with Crippen LogP contribution in [0.2, 0.25) is 0 Å². The van der Waals surface area contributed by atoms with Crippen molar-refractivity contribution in [2.45, 2.75) is 58.4 Å². The van der Waals surface area contributed by atoms with Crippen LogP contribution in [0.3, 0.4) is 0 Å². The largest absolute Gasteiger partial charge is 0.314 e. The second kappa shape index (κ2) is 7.64. The van der Waals surface area contributed by atoms with Crippen LogP contribution in [0.25, 0.3) is 0 Å². The first-order chi connectivity index (χ1) is 9.33. The SMILES string of the molecule is CCNC(Cc1cccnc1)C1CCC(CC)CC1. The molecule has 1 aromatic heterocycles. The van der Waals surface area contributed by atoms with E-state index < -0.39 is 0 Å². The third-order valence-corrected chi connectivity index (χ3v) is 4.68. The van der Waals surface area contributed by atoms with Gasteiger partial charge in [0.25, 0.3) is 0 Å². The van der Waals surface area contributed by atoms with E-state index in [9.17, 15) is 0 Å². The van der Waals surface area contributed by atoms with Gasteiger partial charge in [-0.15, -0.1) is 0 Å². The summed E-state index contributed by atoms with van der Waals surface area (Å²) in [4.78, 5) is 4.24. The highest BCUT2D eigenvalue weighted by molar-refractivity contribution is 5.10. The highest BCUT2D eigenvalue weighted by Crippen LogP contribution is 2.33. The number of hydrogen-bond donors (Lipinski definition) is 1. The summed E-state index contributed by atoms with van der Waals surface area (Å²) in [6, 6.07) is 4.88. The first-order valence-electron chi connectivity index (χ1n) is 7.95. The van der Waals surface area contributed by atoms with Crippen LogP contribution in [0.1, 0.15) is 51.5 Å². The van der Waals surface area contributed by atoms with Crippen LogP contribution < -0.4 is 5.32 Å². The average molecular weight is 260 g/mol. The van der Waals surface area contributed by atoms with Gasteiger partial charge in [-0.3, -0.25) is 4.98 Å². The van der Waals surface area contributed by atoms with Crippen molar-refractivity contribution in [3.8, 4) is 0 Å². The van der Waals surface area contributed by atoms with Gasteiger partial charge in [-0.25, -0.2) is 0 Å². The van der Waals surface area contributed by atoms with Crippen LogP contribution in [0, 0.1) is 11.8 Å². The molecule has 1 heterocycles. The lowest BCUT2D eigenvalue weighted by atomic mass is 9.76. The molecule has 1 unspecified atom stereocenters. The van der Waals surface area contributed by atoms with Gasteiger partial charge in [-0.05, 0) is 49.3 Å². The van der Waals surface area contributed by atoms with Crippen molar-refractivity contribution in [2.75, 3.05) is 6.54 Å². The molecule has 0 aliphatic heterocycles. The van der Waals surface area contributed by atoms with E-state index in [0.717, 1.165) is 24.8 Å². The zero-order chi connectivity index (χ0) is 13.5. The minimum Gasteiger partial charge on any atom is -0.314 e. The van der Waals surface area contributed by atoms with Crippen molar-refractivity contribution in [3.05, 3.63) is 30.1 Å². The Balaban J connectivity index is 1.92. The normalized spacial score (nSPS) is 25.2. The highest BCUT2D eigenvalue weighted by atomic mass is 14.9. The predicted octanol–water partition coefficient (Wildman–Crippen LogP) is 3.82. The minimum atomic E-state index is 0.631. The van der Waals surface area contributed by atoms with Gasteiger partial charge in [0.2, 0.25) is 0 Å². The monoisotopic (exact) mass is 260 g/mol. The van der Waals surface area contributed by atoms with Crippen LogP contribution in [0.5, 0.6) is 0 Å². The lowest BCUT2D eigenvalue weighted by molar-refractivity contribution is 0.218.